The molecule has 40 heavy (non-hydrogen) atoms. The van der Waals surface area contributed by atoms with Gasteiger partial charge in [0, 0.05) is 32.6 Å². The molecule has 2 amide bonds. The van der Waals surface area contributed by atoms with Gasteiger partial charge in [-0.2, -0.15) is 5.10 Å². The summed E-state index contributed by atoms with van der Waals surface area (Å²) in [5.74, 6) is -0.695. The number of thiophene rings is 1. The molecule has 1 aliphatic rings. The molecule has 0 saturated heterocycles. The van der Waals surface area contributed by atoms with Crippen molar-refractivity contribution >= 4 is 44.7 Å². The Morgan fingerprint density at radius 1 is 1.20 bits per heavy atom. The molecule has 13 heteroatoms. The van der Waals surface area contributed by atoms with Gasteiger partial charge in [0.25, 0.3) is 11.5 Å². The number of amides is 2. The highest BCUT2D eigenvalue weighted by Crippen LogP contribution is 2.34. The Hall–Kier alpha value is -4.91. The first-order valence-corrected chi connectivity index (χ1v) is 13.2. The average molecular weight is 559 g/mol. The Morgan fingerprint density at radius 2 is 2.02 bits per heavy atom. The zero-order valence-corrected chi connectivity index (χ0v) is 22.0. The minimum absolute atomic E-state index is 0.0334. The third kappa shape index (κ3) is 4.60. The molecule has 4 aromatic heterocycles. The first-order chi connectivity index (χ1) is 19.3. The molecule has 0 bridgehead atoms. The normalized spacial score (nSPS) is 16.1. The number of rotatable bonds is 6. The standard InChI is InChI=1S/C27H23FN8O3S/c1-13-6-21(26(38)32-11-15-7-14-10-30-23(29)9-22(14)40-15)36-24(13)31-12-20(27(36)39)33-25(37)19-8-18(34-35-19)16-4-2-3-5-17(16)28/h2-5,7-10,12-13,21H,6,11H2,1H3,(H2,29,30)(H,32,38)(H,33,37)(H,34,35)/t13-,21+/m1/s1. The molecule has 1 aromatic carbocycles. The Morgan fingerprint density at radius 3 is 2.85 bits per heavy atom. The van der Waals surface area contributed by atoms with Gasteiger partial charge in [-0.25, -0.2) is 14.4 Å². The summed E-state index contributed by atoms with van der Waals surface area (Å²) in [6.45, 7) is 2.17. The van der Waals surface area contributed by atoms with Crippen LogP contribution in [0.5, 0.6) is 0 Å². The highest BCUT2D eigenvalue weighted by molar-refractivity contribution is 7.19. The minimum atomic E-state index is -0.784. The van der Waals surface area contributed by atoms with Gasteiger partial charge in [-0.15, -0.1) is 11.3 Å². The highest BCUT2D eigenvalue weighted by atomic mass is 32.1. The maximum absolute atomic E-state index is 14.1. The van der Waals surface area contributed by atoms with Crippen molar-refractivity contribution in [2.75, 3.05) is 11.1 Å². The minimum Gasteiger partial charge on any atom is -0.384 e. The van der Waals surface area contributed by atoms with E-state index in [1.807, 2.05) is 13.0 Å². The summed E-state index contributed by atoms with van der Waals surface area (Å²) in [7, 11) is 0. The number of benzene rings is 1. The van der Waals surface area contributed by atoms with Crippen molar-refractivity contribution in [3.05, 3.63) is 87.4 Å². The molecule has 0 aliphatic carbocycles. The van der Waals surface area contributed by atoms with Crippen molar-refractivity contribution in [1.29, 1.82) is 0 Å². The predicted molar refractivity (Wildman–Crippen MR) is 148 cm³/mol. The van der Waals surface area contributed by atoms with Crippen LogP contribution in [0, 0.1) is 5.82 Å². The highest BCUT2D eigenvalue weighted by Gasteiger charge is 2.36. The van der Waals surface area contributed by atoms with Crippen molar-refractivity contribution in [3.8, 4) is 11.3 Å². The first-order valence-electron chi connectivity index (χ1n) is 12.4. The molecule has 2 atom stereocenters. The first kappa shape index (κ1) is 25.4. The molecule has 6 rings (SSSR count). The van der Waals surface area contributed by atoms with E-state index in [4.69, 9.17) is 5.73 Å². The van der Waals surface area contributed by atoms with Gasteiger partial charge in [0.2, 0.25) is 5.91 Å². The molecule has 5 aromatic rings. The van der Waals surface area contributed by atoms with Crippen LogP contribution in [0.1, 0.15) is 46.5 Å². The lowest BCUT2D eigenvalue weighted by molar-refractivity contribution is -0.124. The molecular weight excluding hydrogens is 535 g/mol. The number of nitrogen functional groups attached to an aromatic ring is 1. The van der Waals surface area contributed by atoms with Crippen LogP contribution < -0.4 is 21.9 Å². The van der Waals surface area contributed by atoms with Gasteiger partial charge < -0.3 is 16.4 Å². The third-order valence-corrected chi connectivity index (χ3v) is 7.88. The number of aromatic nitrogens is 5. The number of pyridine rings is 1. The quantitative estimate of drug-likeness (QED) is 0.248. The molecule has 0 fully saturated rings. The van der Waals surface area contributed by atoms with Crippen molar-refractivity contribution in [1.82, 2.24) is 30.0 Å². The van der Waals surface area contributed by atoms with Crippen LogP contribution in [0.3, 0.4) is 0 Å². The second kappa shape index (κ2) is 10.0. The van der Waals surface area contributed by atoms with Crippen LogP contribution in [0.25, 0.3) is 21.3 Å². The summed E-state index contributed by atoms with van der Waals surface area (Å²) in [5.41, 5.74) is 5.64. The van der Waals surface area contributed by atoms with Gasteiger partial charge in [-0.3, -0.25) is 24.0 Å². The number of halogens is 1. The van der Waals surface area contributed by atoms with Crippen LogP contribution in [-0.2, 0) is 11.3 Å². The molecular formula is C27H23FN8O3S. The summed E-state index contributed by atoms with van der Waals surface area (Å²) < 4.78 is 16.4. The number of carbonyl (C=O) groups is 2. The zero-order chi connectivity index (χ0) is 28.0. The van der Waals surface area contributed by atoms with E-state index in [-0.39, 0.29) is 41.0 Å². The molecule has 5 heterocycles. The van der Waals surface area contributed by atoms with Gasteiger partial charge in [0.05, 0.1) is 18.4 Å². The summed E-state index contributed by atoms with van der Waals surface area (Å²) in [4.78, 5) is 48.9. The lowest BCUT2D eigenvalue weighted by Crippen LogP contribution is -2.36. The van der Waals surface area contributed by atoms with Crippen LogP contribution >= 0.6 is 11.3 Å². The molecule has 5 N–H and O–H groups in total. The number of fused-ring (bicyclic) bond motifs is 2. The summed E-state index contributed by atoms with van der Waals surface area (Å²) in [6.07, 6.45) is 3.37. The number of carbonyl (C=O) groups excluding carboxylic acids is 2. The van der Waals surface area contributed by atoms with Crippen LogP contribution in [0.4, 0.5) is 15.9 Å². The predicted octanol–water partition coefficient (Wildman–Crippen LogP) is 3.58. The van der Waals surface area contributed by atoms with E-state index in [2.05, 4.69) is 30.8 Å². The van der Waals surface area contributed by atoms with Gasteiger partial charge >= 0.3 is 0 Å². The van der Waals surface area contributed by atoms with Gasteiger partial charge in [0.15, 0.2) is 0 Å². The Labute approximate surface area is 230 Å². The van der Waals surface area contributed by atoms with E-state index < -0.39 is 23.3 Å². The van der Waals surface area contributed by atoms with E-state index in [1.54, 1.807) is 30.5 Å². The Kier molecular flexibility index (Phi) is 6.34. The number of nitrogens with zero attached hydrogens (tertiary/aromatic N) is 4. The van der Waals surface area contributed by atoms with Gasteiger partial charge in [0.1, 0.15) is 34.9 Å². The van der Waals surface area contributed by atoms with Gasteiger partial charge in [-0.1, -0.05) is 19.1 Å². The lowest BCUT2D eigenvalue weighted by atomic mass is 10.1. The molecule has 0 radical (unpaired) electrons. The zero-order valence-electron chi connectivity index (χ0n) is 21.1. The summed E-state index contributed by atoms with van der Waals surface area (Å²) in [5, 5.41) is 13.0. The second-order valence-electron chi connectivity index (χ2n) is 9.54. The van der Waals surface area contributed by atoms with Crippen LogP contribution in [0.15, 0.2) is 59.7 Å². The van der Waals surface area contributed by atoms with E-state index >= 15 is 0 Å². The monoisotopic (exact) mass is 558 g/mol. The average Bonchev–Trinajstić information content (AvgIpc) is 3.66. The van der Waals surface area contributed by atoms with Crippen molar-refractivity contribution in [3.63, 3.8) is 0 Å². The third-order valence-electron chi connectivity index (χ3n) is 6.78. The molecule has 0 saturated carbocycles. The summed E-state index contributed by atoms with van der Waals surface area (Å²) in [6, 6.07) is 10.4. The van der Waals surface area contributed by atoms with E-state index in [0.29, 0.717) is 18.1 Å². The number of nitrogens with two attached hydrogens (primary N) is 1. The molecule has 0 unspecified atom stereocenters. The second-order valence-corrected chi connectivity index (χ2v) is 10.7. The Balaban J connectivity index is 1.20. The molecule has 202 valence electrons. The largest absolute Gasteiger partial charge is 0.384 e. The maximum Gasteiger partial charge on any atom is 0.278 e. The smallest absolute Gasteiger partial charge is 0.278 e. The van der Waals surface area contributed by atoms with Crippen molar-refractivity contribution in [2.24, 2.45) is 0 Å². The van der Waals surface area contributed by atoms with Gasteiger partial charge in [-0.05, 0) is 36.8 Å². The topological polar surface area (TPSA) is 161 Å². The van der Waals surface area contributed by atoms with Crippen LogP contribution in [-0.4, -0.2) is 36.5 Å². The maximum atomic E-state index is 14.1. The molecule has 1 aliphatic heterocycles. The van der Waals surface area contributed by atoms with E-state index in [0.717, 1.165) is 15.0 Å². The number of hydrogen-bond donors (Lipinski definition) is 4. The Bertz CT molecular complexity index is 1850. The van der Waals surface area contributed by atoms with Crippen LogP contribution in [0.2, 0.25) is 0 Å². The number of hydrogen-bond acceptors (Lipinski definition) is 8. The van der Waals surface area contributed by atoms with E-state index in [9.17, 15) is 18.8 Å². The fourth-order valence-corrected chi connectivity index (χ4v) is 5.84. The summed E-state index contributed by atoms with van der Waals surface area (Å²) >= 11 is 1.50. The lowest BCUT2D eigenvalue weighted by Gasteiger charge is -2.15. The fraction of sp³-hybridized carbons (Fsp3) is 0.185. The SMILES string of the molecule is C[C@@H]1C[C@@H](C(=O)NCc2cc3cnc(N)cc3s2)n2c1ncc(NC(=O)c1cc(-c3ccccc3F)n[nH]1)c2=O. The van der Waals surface area contributed by atoms with Crippen molar-refractivity contribution in [2.45, 2.75) is 31.8 Å². The fourth-order valence-electron chi connectivity index (χ4n) is 4.82. The van der Waals surface area contributed by atoms with E-state index in [1.165, 1.54) is 34.2 Å². The number of anilines is 2. The number of H-pyrrole nitrogens is 1. The van der Waals surface area contributed by atoms with Crippen molar-refractivity contribution < 1.29 is 14.0 Å². The number of nitrogens with one attached hydrogen (secondary N) is 3. The molecule has 0 spiro atoms. The number of aromatic amines is 1. The molecule has 11 nitrogen and oxygen atoms in total.